The molecule has 36 heavy (non-hydrogen) atoms. The SMILES string of the molecule is CC(C)(C)OC(=O)C1(C)CCN(C(=O)C2CCN(c3ccc(C4CCC(=O)NC4=O)nc3)CC2)CC1.[HH]. The largest absolute Gasteiger partial charge is 0.460 e. The Labute approximate surface area is 214 Å². The first kappa shape index (κ1) is 26.1. The maximum Gasteiger partial charge on any atom is 0.312 e. The number of anilines is 1. The second kappa shape index (κ2) is 10.2. The first-order chi connectivity index (χ1) is 16.9. The number of nitrogens with one attached hydrogen (secondary N) is 1. The zero-order valence-corrected chi connectivity index (χ0v) is 21.8. The predicted octanol–water partition coefficient (Wildman–Crippen LogP) is 3.03. The highest BCUT2D eigenvalue weighted by atomic mass is 16.6. The van der Waals surface area contributed by atoms with Crippen LogP contribution in [0.25, 0.3) is 0 Å². The number of carbonyl (C=O) groups excluding carboxylic acids is 4. The maximum absolute atomic E-state index is 13.2. The smallest absolute Gasteiger partial charge is 0.312 e. The molecule has 1 N–H and O–H groups in total. The second-order valence-electron chi connectivity index (χ2n) is 11.6. The summed E-state index contributed by atoms with van der Waals surface area (Å²) in [7, 11) is 0. The van der Waals surface area contributed by atoms with Crippen molar-refractivity contribution in [3.05, 3.63) is 24.0 Å². The number of hydrogen-bond acceptors (Lipinski definition) is 7. The van der Waals surface area contributed by atoms with E-state index in [2.05, 4.69) is 15.2 Å². The monoisotopic (exact) mass is 500 g/mol. The van der Waals surface area contributed by atoms with Crippen LogP contribution in [0.15, 0.2) is 18.3 Å². The number of esters is 1. The van der Waals surface area contributed by atoms with E-state index < -0.39 is 11.0 Å². The molecule has 3 aliphatic rings. The lowest BCUT2D eigenvalue weighted by atomic mass is 9.79. The number of aromatic nitrogens is 1. The highest BCUT2D eigenvalue weighted by Crippen LogP contribution is 2.35. The van der Waals surface area contributed by atoms with E-state index in [9.17, 15) is 19.2 Å². The first-order valence-electron chi connectivity index (χ1n) is 13.0. The summed E-state index contributed by atoms with van der Waals surface area (Å²) in [6, 6.07) is 3.83. The summed E-state index contributed by atoms with van der Waals surface area (Å²) in [5.74, 6) is -0.897. The van der Waals surface area contributed by atoms with Gasteiger partial charge in [0.1, 0.15) is 5.60 Å². The van der Waals surface area contributed by atoms with Gasteiger partial charge >= 0.3 is 5.97 Å². The van der Waals surface area contributed by atoms with Gasteiger partial charge < -0.3 is 14.5 Å². The van der Waals surface area contributed by atoms with E-state index in [1.54, 1.807) is 6.20 Å². The standard InChI is InChI=1S/C27H38N4O5.H2/c1-26(2,3)36-25(35)27(4)11-15-31(16-12-27)24(34)18-9-13-30(14-10-18)19-5-7-21(28-17-19)20-6-8-22(32)29-23(20)33;/h5,7,17-18,20H,6,8-16H2,1-4H3,(H,29,32,33);1H. The number of pyridine rings is 1. The average Bonchev–Trinajstić information content (AvgIpc) is 2.83. The molecule has 3 fully saturated rings. The molecule has 1 unspecified atom stereocenters. The Bertz CT molecular complexity index is 1010. The Balaban J connectivity index is 0.00000380. The minimum atomic E-state index is -0.541. The number of carbonyl (C=O) groups is 4. The molecule has 3 aliphatic heterocycles. The Morgan fingerprint density at radius 2 is 1.75 bits per heavy atom. The second-order valence-corrected chi connectivity index (χ2v) is 11.6. The third-order valence-electron chi connectivity index (χ3n) is 7.65. The van der Waals surface area contributed by atoms with Crippen LogP contribution in [-0.4, -0.2) is 65.4 Å². The number of likely N-dealkylation sites (tertiary alicyclic amines) is 1. The number of hydrogen-bond donors (Lipinski definition) is 1. The van der Waals surface area contributed by atoms with Crippen molar-refractivity contribution in [3.63, 3.8) is 0 Å². The van der Waals surface area contributed by atoms with E-state index in [4.69, 9.17) is 4.74 Å². The van der Waals surface area contributed by atoms with E-state index in [0.717, 1.165) is 31.6 Å². The molecule has 0 aliphatic carbocycles. The number of amides is 3. The summed E-state index contributed by atoms with van der Waals surface area (Å²) in [5, 5.41) is 2.38. The van der Waals surface area contributed by atoms with Crippen LogP contribution in [0.1, 0.15) is 79.3 Å². The molecule has 0 bridgehead atoms. The lowest BCUT2D eigenvalue weighted by molar-refractivity contribution is -0.170. The van der Waals surface area contributed by atoms with E-state index in [1.807, 2.05) is 44.7 Å². The molecule has 4 rings (SSSR count). The van der Waals surface area contributed by atoms with Crippen molar-refractivity contribution >= 4 is 29.4 Å². The highest BCUT2D eigenvalue weighted by Gasteiger charge is 2.42. The molecule has 3 saturated heterocycles. The van der Waals surface area contributed by atoms with Gasteiger partial charge in [0.05, 0.1) is 28.9 Å². The fourth-order valence-electron chi connectivity index (χ4n) is 5.24. The van der Waals surface area contributed by atoms with Crippen molar-refractivity contribution in [3.8, 4) is 0 Å². The first-order valence-corrected chi connectivity index (χ1v) is 13.0. The van der Waals surface area contributed by atoms with E-state index in [-0.39, 0.29) is 37.0 Å². The Morgan fingerprint density at radius 1 is 1.08 bits per heavy atom. The molecule has 1 aromatic heterocycles. The van der Waals surface area contributed by atoms with Crippen LogP contribution >= 0.6 is 0 Å². The fraction of sp³-hybridized carbons (Fsp3) is 0.667. The summed E-state index contributed by atoms with van der Waals surface area (Å²) < 4.78 is 5.61. The van der Waals surface area contributed by atoms with Gasteiger partial charge in [-0.25, -0.2) is 0 Å². The highest BCUT2D eigenvalue weighted by molar-refractivity contribution is 6.00. The third-order valence-corrected chi connectivity index (χ3v) is 7.65. The molecular weight excluding hydrogens is 460 g/mol. The van der Waals surface area contributed by atoms with Gasteiger partial charge in [0.15, 0.2) is 0 Å². The molecule has 0 radical (unpaired) electrons. The number of ether oxygens (including phenoxy) is 1. The minimum Gasteiger partial charge on any atom is -0.460 e. The Kier molecular flexibility index (Phi) is 7.38. The molecule has 4 heterocycles. The molecule has 1 aromatic rings. The summed E-state index contributed by atoms with van der Waals surface area (Å²) in [5.41, 5.74) is 0.600. The van der Waals surface area contributed by atoms with Crippen molar-refractivity contribution in [2.24, 2.45) is 11.3 Å². The van der Waals surface area contributed by atoms with Gasteiger partial charge in [0.25, 0.3) is 0 Å². The van der Waals surface area contributed by atoms with Gasteiger partial charge in [-0.15, -0.1) is 0 Å². The zero-order chi connectivity index (χ0) is 26.1. The Morgan fingerprint density at radius 3 is 2.31 bits per heavy atom. The molecule has 198 valence electrons. The van der Waals surface area contributed by atoms with E-state index >= 15 is 0 Å². The summed E-state index contributed by atoms with van der Waals surface area (Å²) in [6.07, 6.45) is 5.39. The van der Waals surface area contributed by atoms with E-state index in [0.29, 0.717) is 44.5 Å². The minimum absolute atomic E-state index is 0. The van der Waals surface area contributed by atoms with Crippen LogP contribution < -0.4 is 10.2 Å². The number of rotatable bonds is 4. The predicted molar refractivity (Wildman–Crippen MR) is 136 cm³/mol. The molecule has 9 heteroatoms. The van der Waals surface area contributed by atoms with Gasteiger partial charge in [-0.1, -0.05) is 0 Å². The molecular formula is C27H40N4O5. The summed E-state index contributed by atoms with van der Waals surface area (Å²) in [4.78, 5) is 58.0. The molecule has 0 spiro atoms. The number of piperidine rings is 3. The van der Waals surface area contributed by atoms with Crippen molar-refractivity contribution < 1.29 is 25.3 Å². The van der Waals surface area contributed by atoms with E-state index in [1.165, 1.54) is 0 Å². The molecule has 0 aromatic carbocycles. The van der Waals surface area contributed by atoms with Gasteiger partial charge in [-0.3, -0.25) is 29.5 Å². The van der Waals surface area contributed by atoms with Crippen molar-refractivity contribution in [2.45, 2.75) is 77.7 Å². The molecule has 9 nitrogen and oxygen atoms in total. The molecule has 1 atom stereocenters. The van der Waals surface area contributed by atoms with Crippen LogP contribution in [0.2, 0.25) is 0 Å². The number of nitrogens with zero attached hydrogens (tertiary/aromatic N) is 3. The molecule has 0 saturated carbocycles. The van der Waals surface area contributed by atoms with Gasteiger partial charge in [0.2, 0.25) is 17.7 Å². The topological polar surface area (TPSA) is 109 Å². The van der Waals surface area contributed by atoms with Gasteiger partial charge in [0, 0.05) is 39.9 Å². The quantitative estimate of drug-likeness (QED) is 0.500. The van der Waals surface area contributed by atoms with Crippen molar-refractivity contribution in [1.29, 1.82) is 0 Å². The molecule has 3 amide bonds. The van der Waals surface area contributed by atoms with Gasteiger partial charge in [-0.05, 0) is 71.9 Å². The third kappa shape index (κ3) is 5.87. The lowest BCUT2D eigenvalue weighted by Gasteiger charge is -2.41. The maximum atomic E-state index is 13.2. The van der Waals surface area contributed by atoms with Crippen LogP contribution in [0.4, 0.5) is 5.69 Å². The van der Waals surface area contributed by atoms with Crippen molar-refractivity contribution in [2.75, 3.05) is 31.1 Å². The van der Waals surface area contributed by atoms with Crippen LogP contribution in [0.3, 0.4) is 0 Å². The normalized spacial score (nSPS) is 23.3. The van der Waals surface area contributed by atoms with Gasteiger partial charge in [-0.2, -0.15) is 0 Å². The van der Waals surface area contributed by atoms with Crippen LogP contribution in [-0.2, 0) is 23.9 Å². The lowest BCUT2D eigenvalue weighted by Crippen LogP contribution is -2.49. The van der Waals surface area contributed by atoms with Crippen LogP contribution in [0.5, 0.6) is 0 Å². The summed E-state index contributed by atoms with van der Waals surface area (Å²) >= 11 is 0. The Hall–Kier alpha value is -2.97. The average molecular weight is 501 g/mol. The van der Waals surface area contributed by atoms with Crippen LogP contribution in [0, 0.1) is 11.3 Å². The van der Waals surface area contributed by atoms with Crippen molar-refractivity contribution in [1.82, 2.24) is 15.2 Å². The fourth-order valence-corrected chi connectivity index (χ4v) is 5.24. The number of imide groups is 1. The zero-order valence-electron chi connectivity index (χ0n) is 21.8. The summed E-state index contributed by atoms with van der Waals surface area (Å²) in [6.45, 7) is 10.3.